The SMILES string of the molecule is CC(C)C[C@H](NC(=O)[C@H](Cc1ccc(O)cc1)NC(=O)[C@H](Cc1c[nH]c2ccccc12)NC(=O)[C@H](CC(C)C)NC(=O)[C@H](CCCNC(=N)N)NC(=O)[C@@H](N)CCCNC(=N)N)C(=O)N[C@@H](CCCNC(=N)N)C(=O)N[C@@H](CCCNC(=N)N)C(=O)N[C@@H](CCCNC(=N)N)C(=O)N[C@@H](Cc1ccccc1)C(=O)O. The van der Waals surface area contributed by atoms with Crippen molar-refractivity contribution >= 4 is 99.8 Å². The van der Waals surface area contributed by atoms with Crippen LogP contribution in [0.25, 0.3) is 10.9 Å². The maximum absolute atomic E-state index is 15.3. The van der Waals surface area contributed by atoms with Crippen molar-refractivity contribution in [1.29, 1.82) is 27.0 Å². The first-order valence-electron chi connectivity index (χ1n) is 36.2. The first kappa shape index (κ1) is 89.4. The van der Waals surface area contributed by atoms with Gasteiger partial charge in [-0.25, -0.2) is 4.79 Å². The number of carbonyl (C=O) groups excluding carboxylic acids is 9. The Bertz CT molecular complexity index is 3710. The second-order valence-electron chi connectivity index (χ2n) is 27.3. The Morgan fingerprint density at radius 3 is 1.06 bits per heavy atom. The molecule has 0 saturated heterocycles. The summed E-state index contributed by atoms with van der Waals surface area (Å²) in [6.07, 6.45) is 1.54. The van der Waals surface area contributed by atoms with E-state index in [4.69, 9.17) is 61.4 Å². The average molecular weight is 1520 g/mol. The number of hydrogen-bond donors (Lipinski definition) is 28. The van der Waals surface area contributed by atoms with Crippen molar-refractivity contribution in [3.63, 3.8) is 0 Å². The summed E-state index contributed by atoms with van der Waals surface area (Å²) in [7, 11) is 0. The number of aromatic nitrogens is 1. The Morgan fingerprint density at radius 1 is 0.376 bits per heavy atom. The number of phenols is 1. The van der Waals surface area contributed by atoms with Crippen molar-refractivity contribution in [3.05, 3.63) is 102 Å². The molecule has 10 atom stereocenters. The molecule has 0 aliphatic rings. The molecule has 0 aliphatic heterocycles. The molecular weight excluding hydrogens is 1410 g/mol. The fourth-order valence-electron chi connectivity index (χ4n) is 11.6. The van der Waals surface area contributed by atoms with Crippen molar-refractivity contribution in [2.45, 2.75) is 184 Å². The maximum atomic E-state index is 15.3. The van der Waals surface area contributed by atoms with Crippen molar-refractivity contribution in [1.82, 2.24) is 79.4 Å². The summed E-state index contributed by atoms with van der Waals surface area (Å²) in [5, 5.41) is 96.9. The van der Waals surface area contributed by atoms with Crippen LogP contribution in [0.3, 0.4) is 0 Å². The summed E-state index contributed by atoms with van der Waals surface area (Å²) < 4.78 is 0. The van der Waals surface area contributed by atoms with Crippen LogP contribution in [0.15, 0.2) is 85.1 Å². The molecule has 0 radical (unpaired) electrons. The highest BCUT2D eigenvalue weighted by molar-refractivity contribution is 5.99. The number of phenolic OH excluding ortho intramolecular Hbond substituents is 1. The number of carbonyl (C=O) groups is 10. The lowest BCUT2D eigenvalue weighted by Gasteiger charge is -2.29. The van der Waals surface area contributed by atoms with E-state index in [1.807, 2.05) is 0 Å². The molecule has 0 fully saturated rings. The highest BCUT2D eigenvalue weighted by Gasteiger charge is 2.37. The van der Waals surface area contributed by atoms with Crippen LogP contribution in [-0.2, 0) is 67.2 Å². The topological polar surface area (TPSA) is 671 Å². The van der Waals surface area contributed by atoms with Crippen LogP contribution in [0.4, 0.5) is 0 Å². The zero-order valence-corrected chi connectivity index (χ0v) is 62.1. The van der Waals surface area contributed by atoms with Gasteiger partial charge in [-0.15, -0.1) is 0 Å². The minimum Gasteiger partial charge on any atom is -0.508 e. The number of benzene rings is 3. The number of guanidine groups is 5. The Labute approximate surface area is 632 Å². The van der Waals surface area contributed by atoms with E-state index in [0.717, 1.165) is 0 Å². The number of fused-ring (bicyclic) bond motifs is 1. The number of carboxylic acid groups (broad SMARTS) is 1. The number of amides is 9. The van der Waals surface area contributed by atoms with Gasteiger partial charge in [0.15, 0.2) is 29.8 Å². The molecule has 0 saturated carbocycles. The molecule has 1 aromatic heterocycles. The highest BCUT2D eigenvalue weighted by Crippen LogP contribution is 2.21. The van der Waals surface area contributed by atoms with Gasteiger partial charge < -0.3 is 124 Å². The number of aromatic amines is 1. The zero-order valence-electron chi connectivity index (χ0n) is 62.1. The van der Waals surface area contributed by atoms with E-state index < -0.39 is 131 Å². The van der Waals surface area contributed by atoms with Crippen LogP contribution >= 0.6 is 0 Å². The molecule has 3 aromatic carbocycles. The summed E-state index contributed by atoms with van der Waals surface area (Å²) in [4.78, 5) is 148. The smallest absolute Gasteiger partial charge is 0.326 e. The van der Waals surface area contributed by atoms with E-state index in [-0.39, 0.29) is 158 Å². The first-order chi connectivity index (χ1) is 51.7. The van der Waals surface area contributed by atoms with Crippen molar-refractivity contribution in [2.24, 2.45) is 46.2 Å². The number of hydrogen-bond acceptors (Lipinski definition) is 17. The zero-order chi connectivity index (χ0) is 80.7. The molecule has 598 valence electrons. The lowest BCUT2D eigenvalue weighted by Crippen LogP contribution is -2.61. The fraction of sp³-hybridized carbons (Fsp3) is 0.507. The predicted octanol–water partition coefficient (Wildman–Crippen LogP) is -2.91. The quantitative estimate of drug-likeness (QED) is 0.0120. The van der Waals surface area contributed by atoms with Crippen LogP contribution in [0.1, 0.15) is 121 Å². The van der Waals surface area contributed by atoms with Crippen molar-refractivity contribution in [3.8, 4) is 5.75 Å². The van der Waals surface area contributed by atoms with E-state index in [0.29, 0.717) is 34.0 Å². The van der Waals surface area contributed by atoms with Gasteiger partial charge in [-0.1, -0.05) is 88.4 Å². The second-order valence-corrected chi connectivity index (χ2v) is 27.3. The Kier molecular flexibility index (Phi) is 38.4. The summed E-state index contributed by atoms with van der Waals surface area (Å²) in [5.74, 6) is -11.6. The number of nitrogens with two attached hydrogens (primary N) is 6. The third-order valence-electron chi connectivity index (χ3n) is 17.1. The molecular formula is C71H112N26O12. The number of aliphatic carboxylic acids is 1. The van der Waals surface area contributed by atoms with Gasteiger partial charge in [0, 0.05) is 69.1 Å². The van der Waals surface area contributed by atoms with E-state index in [1.165, 1.54) is 24.3 Å². The fourth-order valence-corrected chi connectivity index (χ4v) is 11.6. The number of aromatic hydroxyl groups is 1. The third-order valence-corrected chi connectivity index (χ3v) is 17.1. The normalized spacial score (nSPS) is 13.8. The molecule has 0 bridgehead atoms. The molecule has 1 heterocycles. The maximum Gasteiger partial charge on any atom is 0.326 e. The van der Waals surface area contributed by atoms with Crippen molar-refractivity contribution < 1.29 is 58.2 Å². The Morgan fingerprint density at radius 2 is 0.679 bits per heavy atom. The number of carboxylic acids is 1. The van der Waals surface area contributed by atoms with Gasteiger partial charge >= 0.3 is 5.97 Å². The molecule has 0 aliphatic carbocycles. The molecule has 4 aromatic rings. The average Bonchev–Trinajstić information content (AvgIpc) is 1.58. The number of nitrogens with one attached hydrogen (secondary N) is 20. The molecule has 0 unspecified atom stereocenters. The molecule has 9 amide bonds. The van der Waals surface area contributed by atoms with Gasteiger partial charge in [0.05, 0.1) is 6.04 Å². The van der Waals surface area contributed by atoms with Crippen LogP contribution in [0.2, 0.25) is 0 Å². The monoisotopic (exact) mass is 1520 g/mol. The van der Waals surface area contributed by atoms with Crippen LogP contribution in [-0.4, -0.2) is 197 Å². The van der Waals surface area contributed by atoms with Crippen molar-refractivity contribution in [2.75, 3.05) is 32.7 Å². The van der Waals surface area contributed by atoms with Gasteiger partial charge in [0.1, 0.15) is 60.1 Å². The summed E-state index contributed by atoms with van der Waals surface area (Å²) in [6.45, 7) is 7.63. The number of H-pyrrole nitrogens is 1. The molecule has 38 nitrogen and oxygen atoms in total. The van der Waals surface area contributed by atoms with Gasteiger partial charge in [0.2, 0.25) is 53.2 Å². The lowest BCUT2D eigenvalue weighted by molar-refractivity contribution is -0.142. The molecule has 38 heteroatoms. The second kappa shape index (κ2) is 46.9. The Hall–Kier alpha value is -12.0. The van der Waals surface area contributed by atoms with E-state index >= 15 is 14.4 Å². The Balaban J connectivity index is 1.74. The molecule has 0 spiro atoms. The van der Waals surface area contributed by atoms with Gasteiger partial charge in [-0.2, -0.15) is 0 Å². The molecule has 109 heavy (non-hydrogen) atoms. The van der Waals surface area contributed by atoms with E-state index in [1.54, 1.807) is 88.5 Å². The summed E-state index contributed by atoms with van der Waals surface area (Å²) in [6, 6.07) is 7.28. The largest absolute Gasteiger partial charge is 0.508 e. The highest BCUT2D eigenvalue weighted by atomic mass is 16.4. The van der Waals surface area contributed by atoms with Gasteiger partial charge in [0.25, 0.3) is 0 Å². The number of para-hydroxylation sites is 1. The van der Waals surface area contributed by atoms with Gasteiger partial charge in [-0.05, 0) is 124 Å². The summed E-state index contributed by atoms with van der Waals surface area (Å²) in [5.41, 5.74) is 36.0. The minimum atomic E-state index is -1.56. The minimum absolute atomic E-state index is 0.00547. The van der Waals surface area contributed by atoms with E-state index in [9.17, 15) is 43.8 Å². The molecule has 4 rings (SSSR count). The van der Waals surface area contributed by atoms with E-state index in [2.05, 4.69) is 79.4 Å². The standard InChI is InChI=1S/C71H112N26O12/c1-39(2)33-52(62(104)92-50(22-13-31-86-70(79)80)59(101)90-49(21-12-30-85-69(77)78)58(100)91-51(23-14-32-87-71(81)82)61(103)97-56(66(108)109)36-41-15-6-5-7-16-41)94-64(106)54(35-42-24-26-44(98)27-25-42)95-65(107)55(37-43-38-88-47-19-9-8-17-45(43)47)96-63(105)53(34-40(3)4)93-60(102)48(20-11-29-84-68(75)76)89-57(99)46(72)18-10-28-83-67(73)74/h5-9,15-17,19,24-27,38-40,46,48-56,88,98H,10-14,18,20-23,28-37,72H2,1-4H3,(H,89,99)(H,90,101)(H,91,100)(H,92,104)(H,93,102)(H,94,106)(H,95,107)(H,96,105)(H,97,103)(H,108,109)(H4,73,74,83)(H4,75,76,84)(H4,77,78,85)(H4,79,80,86)(H4,81,82,87)/t46-,48-,49-,50-,51-,52-,53-,54-,55-,56-/m0/s1. The lowest BCUT2D eigenvalue weighted by atomic mass is 9.98. The first-order valence-corrected chi connectivity index (χ1v) is 36.2. The number of rotatable bonds is 49. The van der Waals surface area contributed by atoms with Crippen LogP contribution in [0.5, 0.6) is 5.75 Å². The predicted molar refractivity (Wildman–Crippen MR) is 412 cm³/mol. The van der Waals surface area contributed by atoms with Gasteiger partial charge in [-0.3, -0.25) is 70.2 Å². The molecule has 34 N–H and O–H groups in total. The van der Waals surface area contributed by atoms with Crippen LogP contribution in [0, 0.1) is 38.9 Å². The third kappa shape index (κ3) is 34.4. The van der Waals surface area contributed by atoms with Crippen LogP contribution < -0.4 is 109 Å². The summed E-state index contributed by atoms with van der Waals surface area (Å²) >= 11 is 0.